The lowest BCUT2D eigenvalue weighted by molar-refractivity contribution is 0.0396. The average Bonchev–Trinajstić information content (AvgIpc) is 2.44. The quantitative estimate of drug-likeness (QED) is 0.656. The van der Waals surface area contributed by atoms with Crippen LogP contribution in [0.5, 0.6) is 5.88 Å². The zero-order valence-corrected chi connectivity index (χ0v) is 10.9. The SMILES string of the molecule is Cn1c(O)c(/C=N/N2CCOCC2)c(=O)n(C)c1=O. The van der Waals surface area contributed by atoms with Crippen LogP contribution in [0.15, 0.2) is 14.7 Å². The number of aromatic hydroxyl groups is 1. The van der Waals surface area contributed by atoms with E-state index in [2.05, 4.69) is 5.10 Å². The van der Waals surface area contributed by atoms with E-state index < -0.39 is 11.2 Å². The Bertz CT molecular complexity index is 610. The normalized spacial score (nSPS) is 16.2. The standard InChI is InChI=1S/C11H16N4O4/c1-13-9(16)8(10(17)14(2)11(13)18)7-12-15-3-5-19-6-4-15/h7,16H,3-6H2,1-2H3/b12-7+. The molecule has 1 N–H and O–H groups in total. The van der Waals surface area contributed by atoms with E-state index in [0.717, 1.165) is 9.13 Å². The van der Waals surface area contributed by atoms with Gasteiger partial charge in [-0.2, -0.15) is 5.10 Å². The number of morpholine rings is 1. The molecule has 0 radical (unpaired) electrons. The van der Waals surface area contributed by atoms with Crippen molar-refractivity contribution in [3.05, 3.63) is 26.4 Å². The fourth-order valence-corrected chi connectivity index (χ4v) is 1.78. The van der Waals surface area contributed by atoms with Crippen LogP contribution in [0.2, 0.25) is 0 Å². The number of rotatable bonds is 2. The Morgan fingerprint density at radius 1 is 1.21 bits per heavy atom. The number of hydrogen-bond donors (Lipinski definition) is 1. The van der Waals surface area contributed by atoms with Crippen molar-refractivity contribution in [3.8, 4) is 5.88 Å². The van der Waals surface area contributed by atoms with E-state index in [1.54, 1.807) is 5.01 Å². The first-order chi connectivity index (χ1) is 9.02. The van der Waals surface area contributed by atoms with E-state index in [1.165, 1.54) is 20.3 Å². The van der Waals surface area contributed by atoms with E-state index in [-0.39, 0.29) is 11.4 Å². The van der Waals surface area contributed by atoms with Crippen LogP contribution in [0, 0.1) is 0 Å². The maximum absolute atomic E-state index is 11.9. The molecule has 1 aliphatic heterocycles. The first-order valence-electron chi connectivity index (χ1n) is 5.88. The number of hydrazone groups is 1. The highest BCUT2D eigenvalue weighted by atomic mass is 16.5. The second-order valence-electron chi connectivity index (χ2n) is 4.25. The van der Waals surface area contributed by atoms with Gasteiger partial charge in [0.15, 0.2) is 0 Å². The highest BCUT2D eigenvalue weighted by Gasteiger charge is 2.14. The minimum atomic E-state index is -0.578. The van der Waals surface area contributed by atoms with Gasteiger partial charge < -0.3 is 9.84 Å². The molecule has 1 aliphatic rings. The summed E-state index contributed by atoms with van der Waals surface area (Å²) in [7, 11) is 2.75. The summed E-state index contributed by atoms with van der Waals surface area (Å²) in [6, 6.07) is 0. The first kappa shape index (κ1) is 13.3. The predicted octanol–water partition coefficient (Wildman–Crippen LogP) is -1.54. The third-order valence-electron chi connectivity index (χ3n) is 3.01. The van der Waals surface area contributed by atoms with Crippen LogP contribution in [0.4, 0.5) is 0 Å². The van der Waals surface area contributed by atoms with E-state index in [4.69, 9.17) is 4.74 Å². The van der Waals surface area contributed by atoms with Gasteiger partial charge in [-0.3, -0.25) is 18.9 Å². The zero-order chi connectivity index (χ0) is 14.0. The Hall–Kier alpha value is -2.09. The highest BCUT2D eigenvalue weighted by molar-refractivity contribution is 5.81. The largest absolute Gasteiger partial charge is 0.494 e. The number of hydrogen-bond acceptors (Lipinski definition) is 6. The van der Waals surface area contributed by atoms with Gasteiger partial charge in [0.1, 0.15) is 5.56 Å². The Balaban J connectivity index is 2.37. The summed E-state index contributed by atoms with van der Waals surface area (Å²) in [6.45, 7) is 2.41. The van der Waals surface area contributed by atoms with Gasteiger partial charge in [-0.15, -0.1) is 0 Å². The van der Waals surface area contributed by atoms with Gasteiger partial charge >= 0.3 is 5.69 Å². The Morgan fingerprint density at radius 3 is 2.47 bits per heavy atom. The third kappa shape index (κ3) is 2.53. The van der Waals surface area contributed by atoms with Gasteiger partial charge in [0, 0.05) is 14.1 Å². The molecule has 0 aromatic carbocycles. The lowest BCUT2D eigenvalue weighted by Gasteiger charge is -2.23. The zero-order valence-electron chi connectivity index (χ0n) is 10.9. The summed E-state index contributed by atoms with van der Waals surface area (Å²) in [5.74, 6) is -0.384. The fourth-order valence-electron chi connectivity index (χ4n) is 1.78. The smallest absolute Gasteiger partial charge is 0.333 e. The molecule has 2 rings (SSSR count). The molecule has 0 aliphatic carbocycles. The van der Waals surface area contributed by atoms with Crippen molar-refractivity contribution in [2.45, 2.75) is 0 Å². The van der Waals surface area contributed by atoms with Crippen LogP contribution in [0.3, 0.4) is 0 Å². The van der Waals surface area contributed by atoms with Gasteiger partial charge in [-0.25, -0.2) is 4.79 Å². The lowest BCUT2D eigenvalue weighted by atomic mass is 10.3. The Morgan fingerprint density at radius 2 is 1.84 bits per heavy atom. The molecular formula is C11H16N4O4. The van der Waals surface area contributed by atoms with Crippen LogP contribution in [0.25, 0.3) is 0 Å². The van der Waals surface area contributed by atoms with Crippen molar-refractivity contribution < 1.29 is 9.84 Å². The van der Waals surface area contributed by atoms with E-state index >= 15 is 0 Å². The minimum absolute atomic E-state index is 0.00362. The van der Waals surface area contributed by atoms with Gasteiger partial charge in [-0.05, 0) is 0 Å². The van der Waals surface area contributed by atoms with Crippen molar-refractivity contribution in [1.82, 2.24) is 14.1 Å². The van der Waals surface area contributed by atoms with Crippen LogP contribution in [-0.2, 0) is 18.8 Å². The molecule has 0 atom stereocenters. The highest BCUT2D eigenvalue weighted by Crippen LogP contribution is 2.06. The summed E-state index contributed by atoms with van der Waals surface area (Å²) < 4.78 is 7.11. The Labute approximate surface area is 109 Å². The first-order valence-corrected chi connectivity index (χ1v) is 5.88. The maximum Gasteiger partial charge on any atom is 0.333 e. The van der Waals surface area contributed by atoms with Crippen molar-refractivity contribution in [1.29, 1.82) is 0 Å². The molecule has 0 spiro atoms. The second-order valence-corrected chi connectivity index (χ2v) is 4.25. The van der Waals surface area contributed by atoms with Crippen molar-refractivity contribution >= 4 is 6.21 Å². The molecule has 0 amide bonds. The molecule has 8 heteroatoms. The average molecular weight is 268 g/mol. The predicted molar refractivity (Wildman–Crippen MR) is 68.6 cm³/mol. The second kappa shape index (κ2) is 5.27. The summed E-state index contributed by atoms with van der Waals surface area (Å²) in [6.07, 6.45) is 1.28. The van der Waals surface area contributed by atoms with Crippen LogP contribution >= 0.6 is 0 Å². The molecule has 0 bridgehead atoms. The molecule has 0 unspecified atom stereocenters. The molecule has 1 aromatic rings. The van der Waals surface area contributed by atoms with Crippen LogP contribution in [0.1, 0.15) is 5.56 Å². The van der Waals surface area contributed by atoms with Gasteiger partial charge in [0.05, 0.1) is 32.5 Å². The van der Waals surface area contributed by atoms with Gasteiger partial charge in [0.25, 0.3) is 5.56 Å². The van der Waals surface area contributed by atoms with Crippen molar-refractivity contribution in [2.24, 2.45) is 19.2 Å². The Kier molecular flexibility index (Phi) is 3.70. The number of nitrogens with zero attached hydrogens (tertiary/aromatic N) is 4. The fraction of sp³-hybridized carbons (Fsp3) is 0.545. The topological polar surface area (TPSA) is 89.1 Å². The summed E-state index contributed by atoms with van der Waals surface area (Å²) in [4.78, 5) is 23.5. The monoisotopic (exact) mass is 268 g/mol. The molecule has 19 heavy (non-hydrogen) atoms. The summed E-state index contributed by atoms with van der Waals surface area (Å²) >= 11 is 0. The van der Waals surface area contributed by atoms with Gasteiger partial charge in [0.2, 0.25) is 5.88 Å². The third-order valence-corrected chi connectivity index (χ3v) is 3.01. The minimum Gasteiger partial charge on any atom is -0.494 e. The van der Waals surface area contributed by atoms with Crippen molar-refractivity contribution in [3.63, 3.8) is 0 Å². The van der Waals surface area contributed by atoms with E-state index in [0.29, 0.717) is 26.3 Å². The molecule has 104 valence electrons. The number of ether oxygens (including phenoxy) is 1. The van der Waals surface area contributed by atoms with Crippen molar-refractivity contribution in [2.75, 3.05) is 26.3 Å². The van der Waals surface area contributed by atoms with E-state index in [9.17, 15) is 14.7 Å². The molecule has 1 fully saturated rings. The van der Waals surface area contributed by atoms with Gasteiger partial charge in [-0.1, -0.05) is 0 Å². The lowest BCUT2D eigenvalue weighted by Crippen LogP contribution is -2.39. The maximum atomic E-state index is 11.9. The number of aromatic nitrogens is 2. The molecule has 1 saturated heterocycles. The van der Waals surface area contributed by atoms with Crippen LogP contribution in [-0.4, -0.2) is 51.8 Å². The molecule has 8 nitrogen and oxygen atoms in total. The molecule has 0 saturated carbocycles. The van der Waals surface area contributed by atoms with E-state index in [1.807, 2.05) is 0 Å². The molecular weight excluding hydrogens is 252 g/mol. The molecule has 2 heterocycles. The molecule has 1 aromatic heterocycles. The van der Waals surface area contributed by atoms with Crippen LogP contribution < -0.4 is 11.2 Å². The summed E-state index contributed by atoms with van der Waals surface area (Å²) in [5, 5.41) is 15.7. The summed E-state index contributed by atoms with van der Waals surface area (Å²) in [5.41, 5.74) is -1.15.